The second kappa shape index (κ2) is 18.6. The molecule has 1 atom stereocenters. The Kier molecular flexibility index (Phi) is 14.8. The Morgan fingerprint density at radius 3 is 1.32 bits per heavy atom. The SMILES string of the molecule is COC(=O)C(O)OC.COC(=O)C=NC(c1ccccc1)c1ccccc1.NC(c1ccccc1)c1ccccc1. The van der Waals surface area contributed by atoms with Gasteiger partial charge < -0.3 is 25.1 Å². The third-order valence-electron chi connectivity index (χ3n) is 5.70. The van der Waals surface area contributed by atoms with E-state index in [1.54, 1.807) is 0 Å². The van der Waals surface area contributed by atoms with Crippen molar-refractivity contribution in [1.29, 1.82) is 0 Å². The van der Waals surface area contributed by atoms with Gasteiger partial charge in [-0.1, -0.05) is 121 Å². The predicted molar refractivity (Wildman–Crippen MR) is 159 cm³/mol. The zero-order valence-corrected chi connectivity index (χ0v) is 23.4. The topological polar surface area (TPSA) is 120 Å². The van der Waals surface area contributed by atoms with Crippen LogP contribution < -0.4 is 5.73 Å². The third kappa shape index (κ3) is 11.6. The summed E-state index contributed by atoms with van der Waals surface area (Å²) in [7, 11) is 3.72. The molecule has 4 aromatic carbocycles. The first-order valence-electron chi connectivity index (χ1n) is 12.8. The van der Waals surface area contributed by atoms with E-state index in [-0.39, 0.29) is 12.1 Å². The van der Waals surface area contributed by atoms with Gasteiger partial charge in [0.1, 0.15) is 12.3 Å². The molecule has 0 bridgehead atoms. The summed E-state index contributed by atoms with van der Waals surface area (Å²) in [4.78, 5) is 25.7. The number of hydrogen-bond acceptors (Lipinski definition) is 8. The summed E-state index contributed by atoms with van der Waals surface area (Å²) >= 11 is 0. The van der Waals surface area contributed by atoms with Crippen LogP contribution in [0.2, 0.25) is 0 Å². The summed E-state index contributed by atoms with van der Waals surface area (Å²) in [5.74, 6) is -1.23. The summed E-state index contributed by atoms with van der Waals surface area (Å²) in [5.41, 5.74) is 10.5. The highest BCUT2D eigenvalue weighted by atomic mass is 16.6. The molecule has 0 spiro atoms. The minimum Gasteiger partial charge on any atom is -0.465 e. The molecule has 8 heteroatoms. The molecular weight excluding hydrogens is 520 g/mol. The summed E-state index contributed by atoms with van der Waals surface area (Å²) < 4.78 is 12.9. The number of rotatable bonds is 8. The maximum Gasteiger partial charge on any atom is 0.362 e. The van der Waals surface area contributed by atoms with Crippen molar-refractivity contribution in [3.8, 4) is 0 Å². The molecule has 0 saturated carbocycles. The van der Waals surface area contributed by atoms with Crippen LogP contribution in [0.4, 0.5) is 0 Å². The molecular formula is C33H36N2O6. The molecule has 0 aromatic heterocycles. The smallest absolute Gasteiger partial charge is 0.362 e. The van der Waals surface area contributed by atoms with Crippen molar-refractivity contribution in [2.45, 2.75) is 18.4 Å². The Bertz CT molecular complexity index is 1220. The molecule has 0 amide bonds. The number of carbonyl (C=O) groups is 2. The maximum absolute atomic E-state index is 11.2. The van der Waals surface area contributed by atoms with E-state index in [4.69, 9.17) is 10.8 Å². The number of carbonyl (C=O) groups excluding carboxylic acids is 2. The number of esters is 2. The van der Waals surface area contributed by atoms with Gasteiger partial charge in [0.15, 0.2) is 0 Å². The first-order chi connectivity index (χ1) is 19.9. The highest BCUT2D eigenvalue weighted by molar-refractivity contribution is 6.23. The highest BCUT2D eigenvalue weighted by Crippen LogP contribution is 2.25. The molecule has 0 aliphatic heterocycles. The summed E-state index contributed by atoms with van der Waals surface area (Å²) in [5, 5.41) is 8.43. The number of benzene rings is 4. The monoisotopic (exact) mass is 556 g/mol. The molecule has 0 saturated heterocycles. The van der Waals surface area contributed by atoms with Gasteiger partial charge in [-0.15, -0.1) is 0 Å². The van der Waals surface area contributed by atoms with E-state index in [1.165, 1.54) is 27.5 Å². The molecule has 3 N–H and O–H groups in total. The number of nitrogens with two attached hydrogens (primary N) is 1. The van der Waals surface area contributed by atoms with E-state index in [2.05, 4.69) is 43.5 Å². The zero-order valence-electron chi connectivity index (χ0n) is 23.4. The van der Waals surface area contributed by atoms with E-state index in [0.29, 0.717) is 0 Å². The molecule has 0 aliphatic rings. The largest absolute Gasteiger partial charge is 0.465 e. The molecule has 0 fully saturated rings. The Labute approximate surface area is 241 Å². The second-order valence-electron chi connectivity index (χ2n) is 8.44. The van der Waals surface area contributed by atoms with Gasteiger partial charge in [0.2, 0.25) is 0 Å². The van der Waals surface area contributed by atoms with E-state index in [9.17, 15) is 9.59 Å². The Hall–Kier alpha value is -4.63. The Morgan fingerprint density at radius 1 is 0.659 bits per heavy atom. The molecule has 0 radical (unpaired) electrons. The van der Waals surface area contributed by atoms with Crippen molar-refractivity contribution in [3.05, 3.63) is 144 Å². The Balaban J connectivity index is 0.000000235. The van der Waals surface area contributed by atoms with Gasteiger partial charge >= 0.3 is 11.9 Å². The average molecular weight is 557 g/mol. The fourth-order valence-corrected chi connectivity index (χ4v) is 3.53. The van der Waals surface area contributed by atoms with Crippen LogP contribution in [0, 0.1) is 0 Å². The van der Waals surface area contributed by atoms with Crippen molar-refractivity contribution in [3.63, 3.8) is 0 Å². The molecule has 4 aromatic rings. The molecule has 214 valence electrons. The second-order valence-corrected chi connectivity index (χ2v) is 8.44. The number of methoxy groups -OCH3 is 3. The number of aliphatic hydroxyl groups is 1. The lowest BCUT2D eigenvalue weighted by atomic mass is 9.99. The van der Waals surface area contributed by atoms with Crippen molar-refractivity contribution in [1.82, 2.24) is 0 Å². The quantitative estimate of drug-likeness (QED) is 0.180. The van der Waals surface area contributed by atoms with Crippen LogP contribution in [0.15, 0.2) is 126 Å². The number of aliphatic hydroxyl groups excluding tert-OH is 1. The van der Waals surface area contributed by atoms with Crippen LogP contribution in [-0.2, 0) is 23.8 Å². The van der Waals surface area contributed by atoms with Gasteiger partial charge in [0.25, 0.3) is 6.29 Å². The van der Waals surface area contributed by atoms with Gasteiger partial charge in [-0.25, -0.2) is 9.59 Å². The van der Waals surface area contributed by atoms with Gasteiger partial charge in [0.05, 0.1) is 20.3 Å². The first kappa shape index (κ1) is 32.6. The van der Waals surface area contributed by atoms with Crippen LogP contribution in [0.3, 0.4) is 0 Å². The number of hydrogen-bond donors (Lipinski definition) is 2. The summed E-state index contributed by atoms with van der Waals surface area (Å²) in [6.45, 7) is 0. The van der Waals surface area contributed by atoms with Crippen molar-refractivity contribution < 1.29 is 28.9 Å². The van der Waals surface area contributed by atoms with Crippen molar-refractivity contribution in [2.24, 2.45) is 10.7 Å². The normalized spacial score (nSPS) is 11.1. The van der Waals surface area contributed by atoms with Gasteiger partial charge in [-0.2, -0.15) is 0 Å². The lowest BCUT2D eigenvalue weighted by Crippen LogP contribution is -2.23. The van der Waals surface area contributed by atoms with Gasteiger partial charge in [-0.3, -0.25) is 4.99 Å². The number of ether oxygens (including phenoxy) is 3. The lowest BCUT2D eigenvalue weighted by molar-refractivity contribution is -0.174. The number of nitrogens with zero attached hydrogens (tertiary/aromatic N) is 1. The van der Waals surface area contributed by atoms with E-state index in [1.807, 2.05) is 97.1 Å². The fraction of sp³-hybridized carbons (Fsp3) is 0.182. The first-order valence-corrected chi connectivity index (χ1v) is 12.8. The van der Waals surface area contributed by atoms with Crippen molar-refractivity contribution >= 4 is 18.2 Å². The summed E-state index contributed by atoms with van der Waals surface area (Å²) in [6.07, 6.45) is -0.218. The zero-order chi connectivity index (χ0) is 29.9. The van der Waals surface area contributed by atoms with E-state index in [0.717, 1.165) is 22.3 Å². The fourth-order valence-electron chi connectivity index (χ4n) is 3.53. The van der Waals surface area contributed by atoms with Crippen LogP contribution in [0.25, 0.3) is 0 Å². The van der Waals surface area contributed by atoms with Gasteiger partial charge in [0, 0.05) is 7.11 Å². The van der Waals surface area contributed by atoms with E-state index >= 15 is 0 Å². The Morgan fingerprint density at radius 2 is 1.02 bits per heavy atom. The van der Waals surface area contributed by atoms with Crippen molar-refractivity contribution in [2.75, 3.05) is 21.3 Å². The molecule has 0 heterocycles. The minimum atomic E-state index is -1.44. The number of aliphatic imine (C=N–C) groups is 1. The van der Waals surface area contributed by atoms with E-state index < -0.39 is 18.2 Å². The molecule has 8 nitrogen and oxygen atoms in total. The lowest BCUT2D eigenvalue weighted by Gasteiger charge is -2.13. The molecule has 1 unspecified atom stereocenters. The predicted octanol–water partition coefficient (Wildman–Crippen LogP) is 4.88. The van der Waals surface area contributed by atoms with Crippen LogP contribution in [0.5, 0.6) is 0 Å². The standard InChI is InChI=1S/C16H15NO2.C13H13N.C4H8O4/c1-19-15(18)12-17-16(13-8-4-2-5-9-13)14-10-6-3-7-11-14;14-13(11-7-3-1-4-8-11)12-9-5-2-6-10-12;1-7-3(5)4(6)8-2/h2-12,16H,1H3;1-10,13H,14H2;3,5H,1-2H3. The summed E-state index contributed by atoms with van der Waals surface area (Å²) in [6, 6.07) is 39.8. The molecule has 0 aliphatic carbocycles. The maximum atomic E-state index is 11.2. The average Bonchev–Trinajstić information content (AvgIpc) is 3.06. The van der Waals surface area contributed by atoms with Gasteiger partial charge in [-0.05, 0) is 22.3 Å². The van der Waals surface area contributed by atoms with Crippen LogP contribution in [-0.4, -0.2) is 50.9 Å². The van der Waals surface area contributed by atoms with Crippen LogP contribution in [0.1, 0.15) is 34.3 Å². The molecule has 41 heavy (non-hydrogen) atoms. The highest BCUT2D eigenvalue weighted by Gasteiger charge is 2.13. The minimum absolute atomic E-state index is 0.0163. The third-order valence-corrected chi connectivity index (χ3v) is 5.70. The molecule has 4 rings (SSSR count). The van der Waals surface area contributed by atoms with Crippen LogP contribution >= 0.6 is 0 Å².